The molecule has 0 amide bonds. The van der Waals surface area contributed by atoms with E-state index in [-0.39, 0.29) is 6.10 Å². The molecular formula is C31H54O3. The molecule has 0 saturated carbocycles. The second-order valence-corrected chi connectivity index (χ2v) is 9.57. The van der Waals surface area contributed by atoms with Crippen LogP contribution in [0.25, 0.3) is 0 Å². The van der Waals surface area contributed by atoms with Crippen LogP contribution in [0.15, 0.2) is 43.0 Å². The summed E-state index contributed by atoms with van der Waals surface area (Å²) in [6.07, 6.45) is 24.5. The molecule has 0 N–H and O–H groups in total. The molecule has 1 unspecified atom stereocenters. The zero-order valence-electron chi connectivity index (χ0n) is 22.3. The van der Waals surface area contributed by atoms with Crippen LogP contribution in [0.2, 0.25) is 0 Å². The van der Waals surface area contributed by atoms with Crippen LogP contribution in [0.4, 0.5) is 0 Å². The highest BCUT2D eigenvalue weighted by Gasteiger charge is 2.11. The highest BCUT2D eigenvalue weighted by molar-refractivity contribution is 5.20. The van der Waals surface area contributed by atoms with Gasteiger partial charge in [0.05, 0.1) is 6.61 Å². The minimum atomic E-state index is -0.0180. The Morgan fingerprint density at radius 3 is 1.82 bits per heavy atom. The van der Waals surface area contributed by atoms with Gasteiger partial charge >= 0.3 is 0 Å². The van der Waals surface area contributed by atoms with Crippen LogP contribution in [0, 0.1) is 0 Å². The van der Waals surface area contributed by atoms with Gasteiger partial charge in [0.25, 0.3) is 0 Å². The van der Waals surface area contributed by atoms with E-state index < -0.39 is 0 Å². The van der Waals surface area contributed by atoms with Gasteiger partial charge in [-0.05, 0) is 37.8 Å². The smallest absolute Gasteiger partial charge is 0.119 e. The van der Waals surface area contributed by atoms with Crippen molar-refractivity contribution in [1.82, 2.24) is 0 Å². The summed E-state index contributed by atoms with van der Waals surface area (Å²) < 4.78 is 17.9. The van der Waals surface area contributed by atoms with Crippen molar-refractivity contribution in [3.8, 4) is 5.75 Å². The Hall–Kier alpha value is -1.32. The first-order valence-electron chi connectivity index (χ1n) is 14.3. The van der Waals surface area contributed by atoms with Crippen molar-refractivity contribution < 1.29 is 14.2 Å². The molecule has 0 heterocycles. The van der Waals surface area contributed by atoms with Crippen molar-refractivity contribution in [2.45, 2.75) is 122 Å². The number of ether oxygens (including phenoxy) is 3. The minimum absolute atomic E-state index is 0.0180. The molecule has 0 aliphatic carbocycles. The standard InChI is InChI=1S/C31H54O3/c1-3-5-7-9-10-11-12-13-14-15-16-17-18-22-26-32-28-31(33-27-23-8-6-4-2)29-34-30-24-20-19-21-25-30/h4,19-21,24-25,31H,2-3,5-18,22-23,26-29H2,1H3. The maximum Gasteiger partial charge on any atom is 0.119 e. The summed E-state index contributed by atoms with van der Waals surface area (Å²) in [5.74, 6) is 0.884. The summed E-state index contributed by atoms with van der Waals surface area (Å²) >= 11 is 0. The summed E-state index contributed by atoms with van der Waals surface area (Å²) in [5, 5.41) is 0. The molecule has 0 aliphatic heterocycles. The fourth-order valence-electron chi connectivity index (χ4n) is 4.10. The molecule has 1 atom stereocenters. The van der Waals surface area contributed by atoms with Gasteiger partial charge in [0.1, 0.15) is 18.5 Å². The van der Waals surface area contributed by atoms with Gasteiger partial charge in [-0.1, -0.05) is 115 Å². The Balaban J connectivity index is 1.99. The number of hydrogen-bond donors (Lipinski definition) is 0. The van der Waals surface area contributed by atoms with Gasteiger partial charge in [-0.3, -0.25) is 0 Å². The molecule has 0 aromatic heterocycles. The highest BCUT2D eigenvalue weighted by atomic mass is 16.6. The average molecular weight is 475 g/mol. The molecule has 0 radical (unpaired) electrons. The predicted octanol–water partition coefficient (Wildman–Crippen LogP) is 9.30. The van der Waals surface area contributed by atoms with Crippen LogP contribution in [0.3, 0.4) is 0 Å². The average Bonchev–Trinajstić information content (AvgIpc) is 2.87. The van der Waals surface area contributed by atoms with Crippen molar-refractivity contribution in [3.05, 3.63) is 43.0 Å². The molecule has 0 bridgehead atoms. The zero-order chi connectivity index (χ0) is 24.4. The van der Waals surface area contributed by atoms with Gasteiger partial charge in [-0.25, -0.2) is 0 Å². The molecule has 1 rings (SSSR count). The highest BCUT2D eigenvalue weighted by Crippen LogP contribution is 2.13. The summed E-state index contributed by atoms with van der Waals surface area (Å²) in [6, 6.07) is 9.95. The van der Waals surface area contributed by atoms with E-state index in [1.54, 1.807) is 0 Å². The third kappa shape index (κ3) is 20.1. The SMILES string of the molecule is C=CCCCCOC(COCCCCCCCCCCCCCCCC)COc1ccccc1. The van der Waals surface area contributed by atoms with Crippen molar-refractivity contribution >= 4 is 0 Å². The van der Waals surface area contributed by atoms with Crippen molar-refractivity contribution in [2.75, 3.05) is 26.4 Å². The molecule has 0 fully saturated rings. The minimum Gasteiger partial charge on any atom is -0.491 e. The molecule has 1 aromatic rings. The van der Waals surface area contributed by atoms with Gasteiger partial charge in [-0.15, -0.1) is 6.58 Å². The van der Waals surface area contributed by atoms with Crippen LogP contribution in [0.5, 0.6) is 5.75 Å². The van der Waals surface area contributed by atoms with Crippen molar-refractivity contribution in [2.24, 2.45) is 0 Å². The van der Waals surface area contributed by atoms with E-state index in [4.69, 9.17) is 14.2 Å². The topological polar surface area (TPSA) is 27.7 Å². The van der Waals surface area contributed by atoms with E-state index >= 15 is 0 Å². The Morgan fingerprint density at radius 1 is 0.676 bits per heavy atom. The van der Waals surface area contributed by atoms with Gasteiger partial charge in [-0.2, -0.15) is 0 Å². The predicted molar refractivity (Wildman–Crippen MR) is 147 cm³/mol. The lowest BCUT2D eigenvalue weighted by molar-refractivity contribution is -0.0387. The Morgan fingerprint density at radius 2 is 1.24 bits per heavy atom. The van der Waals surface area contributed by atoms with Crippen LogP contribution in [-0.4, -0.2) is 32.5 Å². The maximum atomic E-state index is 6.05. The Bertz CT molecular complexity index is 531. The maximum absolute atomic E-state index is 6.05. The van der Waals surface area contributed by atoms with E-state index in [9.17, 15) is 0 Å². The number of hydrogen-bond acceptors (Lipinski definition) is 3. The molecular weight excluding hydrogens is 420 g/mol. The summed E-state index contributed by atoms with van der Waals surface area (Å²) in [6.45, 7) is 8.77. The first kappa shape index (κ1) is 30.7. The molecule has 0 spiro atoms. The first-order chi connectivity index (χ1) is 16.9. The molecule has 0 saturated heterocycles. The zero-order valence-corrected chi connectivity index (χ0v) is 22.3. The molecule has 34 heavy (non-hydrogen) atoms. The van der Waals surface area contributed by atoms with E-state index in [1.807, 2.05) is 36.4 Å². The number of unbranched alkanes of at least 4 members (excludes halogenated alkanes) is 15. The number of benzene rings is 1. The van der Waals surface area contributed by atoms with E-state index in [2.05, 4.69) is 13.5 Å². The second kappa shape index (κ2) is 24.8. The fraction of sp³-hybridized carbons (Fsp3) is 0.742. The van der Waals surface area contributed by atoms with Crippen LogP contribution in [-0.2, 0) is 9.47 Å². The van der Waals surface area contributed by atoms with Crippen LogP contribution >= 0.6 is 0 Å². The van der Waals surface area contributed by atoms with E-state index in [0.717, 1.165) is 44.6 Å². The van der Waals surface area contributed by atoms with Crippen molar-refractivity contribution in [1.29, 1.82) is 0 Å². The van der Waals surface area contributed by atoms with E-state index in [0.29, 0.717) is 13.2 Å². The third-order valence-electron chi connectivity index (χ3n) is 6.28. The number of allylic oxidation sites excluding steroid dienone is 1. The van der Waals surface area contributed by atoms with Gasteiger partial charge in [0, 0.05) is 13.2 Å². The molecule has 1 aromatic carbocycles. The monoisotopic (exact) mass is 474 g/mol. The van der Waals surface area contributed by atoms with Gasteiger partial charge < -0.3 is 14.2 Å². The molecule has 0 aliphatic rings. The Labute approximate surface area is 211 Å². The van der Waals surface area contributed by atoms with Gasteiger partial charge in [0.2, 0.25) is 0 Å². The molecule has 3 nitrogen and oxygen atoms in total. The fourth-order valence-corrected chi connectivity index (χ4v) is 4.10. The quantitative estimate of drug-likeness (QED) is 0.0988. The summed E-state index contributed by atoms with van der Waals surface area (Å²) in [4.78, 5) is 0. The largest absolute Gasteiger partial charge is 0.491 e. The number of rotatable bonds is 26. The lowest BCUT2D eigenvalue weighted by Crippen LogP contribution is -2.28. The normalized spacial score (nSPS) is 12.0. The lowest BCUT2D eigenvalue weighted by atomic mass is 10.0. The number of para-hydroxylation sites is 1. The van der Waals surface area contributed by atoms with Crippen LogP contribution in [0.1, 0.15) is 116 Å². The van der Waals surface area contributed by atoms with Crippen LogP contribution < -0.4 is 4.74 Å². The second-order valence-electron chi connectivity index (χ2n) is 9.57. The Kier molecular flexibility index (Phi) is 22.4. The molecule has 196 valence electrons. The molecule has 3 heteroatoms. The van der Waals surface area contributed by atoms with Crippen molar-refractivity contribution in [3.63, 3.8) is 0 Å². The summed E-state index contributed by atoms with van der Waals surface area (Å²) in [5.41, 5.74) is 0. The van der Waals surface area contributed by atoms with E-state index in [1.165, 1.54) is 83.5 Å². The lowest BCUT2D eigenvalue weighted by Gasteiger charge is -2.19. The summed E-state index contributed by atoms with van der Waals surface area (Å²) in [7, 11) is 0. The first-order valence-corrected chi connectivity index (χ1v) is 14.3. The van der Waals surface area contributed by atoms with Gasteiger partial charge in [0.15, 0.2) is 0 Å². The third-order valence-corrected chi connectivity index (χ3v) is 6.28.